The molecule has 4 heteroatoms. The highest BCUT2D eigenvalue weighted by molar-refractivity contribution is 5.73. The van der Waals surface area contributed by atoms with Crippen LogP contribution >= 0.6 is 0 Å². The highest BCUT2D eigenvalue weighted by Gasteiger charge is 2.27. The van der Waals surface area contributed by atoms with Crippen LogP contribution in [-0.2, 0) is 28.9 Å². The van der Waals surface area contributed by atoms with E-state index in [1.807, 2.05) is 10.9 Å². The van der Waals surface area contributed by atoms with Crippen molar-refractivity contribution in [2.24, 2.45) is 5.92 Å². The molecule has 0 aliphatic heterocycles. The number of ether oxygens (including phenoxy) is 1. The van der Waals surface area contributed by atoms with Gasteiger partial charge in [0.05, 0.1) is 19.2 Å². The van der Waals surface area contributed by atoms with E-state index in [2.05, 4.69) is 12.0 Å². The molecule has 0 bridgehead atoms. The van der Waals surface area contributed by atoms with Gasteiger partial charge in [-0.15, -0.1) is 0 Å². The van der Waals surface area contributed by atoms with E-state index in [4.69, 9.17) is 4.74 Å². The summed E-state index contributed by atoms with van der Waals surface area (Å²) in [6, 6.07) is 0. The summed E-state index contributed by atoms with van der Waals surface area (Å²) >= 11 is 0. The minimum absolute atomic E-state index is 0.0181. The van der Waals surface area contributed by atoms with Gasteiger partial charge in [0.2, 0.25) is 0 Å². The lowest BCUT2D eigenvalue weighted by atomic mass is 9.88. The molecule has 0 spiro atoms. The summed E-state index contributed by atoms with van der Waals surface area (Å²) in [4.78, 5) is 11.4. The van der Waals surface area contributed by atoms with E-state index < -0.39 is 0 Å². The molecular weight excluding hydrogens is 192 g/mol. The predicted molar refractivity (Wildman–Crippen MR) is 55.4 cm³/mol. The number of nitrogens with zero attached hydrogens (tertiary/aromatic N) is 2. The van der Waals surface area contributed by atoms with Gasteiger partial charge in [-0.1, -0.05) is 0 Å². The Kier molecular flexibility index (Phi) is 2.75. The average Bonchev–Trinajstić information content (AvgIpc) is 2.69. The van der Waals surface area contributed by atoms with Gasteiger partial charge in [0.1, 0.15) is 0 Å². The number of hydrogen-bond acceptors (Lipinski definition) is 3. The molecule has 1 aliphatic carbocycles. The molecule has 0 N–H and O–H groups in total. The summed E-state index contributed by atoms with van der Waals surface area (Å²) in [5.41, 5.74) is 2.50. The first-order valence-corrected chi connectivity index (χ1v) is 5.37. The van der Waals surface area contributed by atoms with Crippen molar-refractivity contribution in [3.8, 4) is 0 Å². The van der Waals surface area contributed by atoms with Crippen LogP contribution in [0.3, 0.4) is 0 Å². The van der Waals surface area contributed by atoms with Crippen LogP contribution in [0.15, 0.2) is 6.20 Å². The third-order valence-electron chi connectivity index (χ3n) is 3.07. The molecule has 82 valence electrons. The van der Waals surface area contributed by atoms with Gasteiger partial charge >= 0.3 is 5.97 Å². The Morgan fingerprint density at radius 2 is 2.53 bits per heavy atom. The van der Waals surface area contributed by atoms with E-state index in [-0.39, 0.29) is 11.9 Å². The number of carbonyl (C=O) groups is 1. The summed E-state index contributed by atoms with van der Waals surface area (Å²) < 4.78 is 6.76. The third kappa shape index (κ3) is 1.76. The number of aromatic nitrogens is 2. The van der Waals surface area contributed by atoms with Gasteiger partial charge in [0.15, 0.2) is 0 Å². The van der Waals surface area contributed by atoms with Gasteiger partial charge in [0, 0.05) is 18.7 Å². The lowest BCUT2D eigenvalue weighted by molar-refractivity contribution is -0.145. The van der Waals surface area contributed by atoms with Gasteiger partial charge in [0.25, 0.3) is 0 Å². The Labute approximate surface area is 89.2 Å². The fraction of sp³-hybridized carbons (Fsp3) is 0.636. The maximum Gasteiger partial charge on any atom is 0.309 e. The van der Waals surface area contributed by atoms with E-state index in [9.17, 15) is 4.79 Å². The summed E-state index contributed by atoms with van der Waals surface area (Å²) in [6.45, 7) is 2.93. The number of esters is 1. The maximum atomic E-state index is 11.4. The standard InChI is InChI=1S/C11H16N2O2/c1-3-13-10-6-8(11(14)15-2)4-5-9(10)7-12-13/h7-8H,3-6H2,1-2H3. The summed E-state index contributed by atoms with van der Waals surface area (Å²) in [5.74, 6) is -0.0750. The molecule has 1 aromatic rings. The molecule has 4 nitrogen and oxygen atoms in total. The largest absolute Gasteiger partial charge is 0.469 e. The molecule has 1 atom stereocenters. The van der Waals surface area contributed by atoms with Crippen LogP contribution in [0.5, 0.6) is 0 Å². The van der Waals surface area contributed by atoms with Crippen molar-refractivity contribution in [1.29, 1.82) is 0 Å². The first kappa shape index (κ1) is 10.2. The molecule has 1 aromatic heterocycles. The van der Waals surface area contributed by atoms with Crippen molar-refractivity contribution >= 4 is 5.97 Å². The van der Waals surface area contributed by atoms with Crippen LogP contribution in [0, 0.1) is 5.92 Å². The number of aryl methyl sites for hydroxylation is 2. The lowest BCUT2D eigenvalue weighted by Gasteiger charge is -2.20. The number of fused-ring (bicyclic) bond motifs is 1. The Morgan fingerprint density at radius 1 is 1.73 bits per heavy atom. The number of methoxy groups -OCH3 is 1. The second-order valence-electron chi connectivity index (χ2n) is 3.90. The molecular formula is C11H16N2O2. The molecule has 0 amide bonds. The fourth-order valence-electron chi connectivity index (χ4n) is 2.20. The van der Waals surface area contributed by atoms with Crippen molar-refractivity contribution in [1.82, 2.24) is 9.78 Å². The van der Waals surface area contributed by atoms with E-state index in [0.717, 1.165) is 25.8 Å². The molecule has 0 saturated carbocycles. The molecule has 15 heavy (non-hydrogen) atoms. The molecule has 2 rings (SSSR count). The average molecular weight is 208 g/mol. The zero-order chi connectivity index (χ0) is 10.8. The minimum Gasteiger partial charge on any atom is -0.469 e. The fourth-order valence-corrected chi connectivity index (χ4v) is 2.20. The Bertz CT molecular complexity index is 357. The first-order chi connectivity index (χ1) is 7.26. The van der Waals surface area contributed by atoms with Crippen LogP contribution in [0.25, 0.3) is 0 Å². The van der Waals surface area contributed by atoms with Crippen LogP contribution in [0.2, 0.25) is 0 Å². The first-order valence-electron chi connectivity index (χ1n) is 5.37. The Hall–Kier alpha value is -1.32. The smallest absolute Gasteiger partial charge is 0.309 e. The molecule has 1 heterocycles. The van der Waals surface area contributed by atoms with E-state index >= 15 is 0 Å². The van der Waals surface area contributed by atoms with Gasteiger partial charge in [-0.3, -0.25) is 9.48 Å². The van der Waals surface area contributed by atoms with Gasteiger partial charge in [-0.2, -0.15) is 5.10 Å². The Morgan fingerprint density at radius 3 is 3.20 bits per heavy atom. The van der Waals surface area contributed by atoms with Crippen LogP contribution in [-0.4, -0.2) is 22.9 Å². The molecule has 1 unspecified atom stereocenters. The normalized spacial score (nSPS) is 19.7. The summed E-state index contributed by atoms with van der Waals surface area (Å²) in [5, 5.41) is 4.30. The highest BCUT2D eigenvalue weighted by atomic mass is 16.5. The zero-order valence-corrected chi connectivity index (χ0v) is 9.19. The predicted octanol–water partition coefficient (Wildman–Crippen LogP) is 1.18. The van der Waals surface area contributed by atoms with E-state index in [1.54, 1.807) is 0 Å². The second kappa shape index (κ2) is 4.04. The molecule has 1 aliphatic rings. The van der Waals surface area contributed by atoms with Crippen molar-refractivity contribution in [3.05, 3.63) is 17.5 Å². The van der Waals surface area contributed by atoms with Crippen LogP contribution in [0.4, 0.5) is 0 Å². The van der Waals surface area contributed by atoms with Crippen molar-refractivity contribution in [2.45, 2.75) is 32.7 Å². The number of carbonyl (C=O) groups excluding carboxylic acids is 1. The zero-order valence-electron chi connectivity index (χ0n) is 9.19. The number of hydrogen-bond donors (Lipinski definition) is 0. The number of rotatable bonds is 2. The van der Waals surface area contributed by atoms with E-state index in [0.29, 0.717) is 0 Å². The van der Waals surface area contributed by atoms with Gasteiger partial charge in [-0.05, 0) is 25.3 Å². The topological polar surface area (TPSA) is 44.1 Å². The monoisotopic (exact) mass is 208 g/mol. The summed E-state index contributed by atoms with van der Waals surface area (Å²) in [7, 11) is 1.45. The van der Waals surface area contributed by atoms with Crippen LogP contribution in [0.1, 0.15) is 24.6 Å². The molecule has 0 aromatic carbocycles. The van der Waals surface area contributed by atoms with Crippen molar-refractivity contribution < 1.29 is 9.53 Å². The SMILES string of the molecule is CCn1ncc2c1CC(C(=O)OC)CC2. The van der Waals surface area contributed by atoms with Gasteiger partial charge in [-0.25, -0.2) is 0 Å². The van der Waals surface area contributed by atoms with Crippen LogP contribution < -0.4 is 0 Å². The highest BCUT2D eigenvalue weighted by Crippen LogP contribution is 2.26. The van der Waals surface area contributed by atoms with Crippen molar-refractivity contribution in [2.75, 3.05) is 7.11 Å². The maximum absolute atomic E-state index is 11.4. The second-order valence-corrected chi connectivity index (χ2v) is 3.90. The molecule has 0 fully saturated rings. The molecule has 0 saturated heterocycles. The minimum atomic E-state index is -0.0931. The third-order valence-corrected chi connectivity index (χ3v) is 3.07. The van der Waals surface area contributed by atoms with Gasteiger partial charge < -0.3 is 4.74 Å². The summed E-state index contributed by atoms with van der Waals surface area (Å²) in [6.07, 6.45) is 4.52. The molecule has 0 radical (unpaired) electrons. The van der Waals surface area contributed by atoms with E-state index in [1.165, 1.54) is 18.4 Å². The lowest BCUT2D eigenvalue weighted by Crippen LogP contribution is -2.25. The van der Waals surface area contributed by atoms with Crippen molar-refractivity contribution in [3.63, 3.8) is 0 Å². The quantitative estimate of drug-likeness (QED) is 0.685. The Balaban J connectivity index is 2.20.